The van der Waals surface area contributed by atoms with Crippen LogP contribution < -0.4 is 0 Å². The van der Waals surface area contributed by atoms with Crippen molar-refractivity contribution in [2.75, 3.05) is 0 Å². The molecule has 0 spiro atoms. The van der Waals surface area contributed by atoms with Crippen LogP contribution >= 0.6 is 0 Å². The third-order valence-corrected chi connectivity index (χ3v) is 4.26. The summed E-state index contributed by atoms with van der Waals surface area (Å²) >= 11 is 0. The molecule has 0 N–H and O–H groups in total. The van der Waals surface area contributed by atoms with Crippen LogP contribution in [-0.4, -0.2) is 0 Å². The van der Waals surface area contributed by atoms with Gasteiger partial charge in [-0.1, -0.05) is 66.2 Å². The maximum Gasteiger partial charge on any atom is -0.0354 e. The summed E-state index contributed by atoms with van der Waals surface area (Å²) in [5.41, 5.74) is 0.596. The Labute approximate surface area is 96.8 Å². The van der Waals surface area contributed by atoms with Crippen molar-refractivity contribution in [2.24, 2.45) is 17.3 Å². The molecule has 1 saturated carbocycles. The van der Waals surface area contributed by atoms with Crippen molar-refractivity contribution in [1.82, 2.24) is 0 Å². The van der Waals surface area contributed by atoms with Gasteiger partial charge in [0.2, 0.25) is 0 Å². The van der Waals surface area contributed by atoms with E-state index in [9.17, 15) is 0 Å². The minimum atomic E-state index is 0.596. The van der Waals surface area contributed by atoms with Crippen molar-refractivity contribution in [1.29, 1.82) is 0 Å². The highest BCUT2D eigenvalue weighted by Crippen LogP contribution is 2.33. The summed E-state index contributed by atoms with van der Waals surface area (Å²) in [5.74, 6) is 1.92. The highest BCUT2D eigenvalue weighted by Gasteiger charge is 2.20. The summed E-state index contributed by atoms with van der Waals surface area (Å²) in [7, 11) is 0. The van der Waals surface area contributed by atoms with Gasteiger partial charge in [0.05, 0.1) is 0 Å². The first-order valence-electron chi connectivity index (χ1n) is 6.99. The third-order valence-electron chi connectivity index (χ3n) is 4.26. The summed E-state index contributed by atoms with van der Waals surface area (Å²) in [6.07, 6.45) is 11.6. The SMILES string of the molecule is C[C@H]1CCC[C@@H](C)CCC(C)(C)CCC1. The van der Waals surface area contributed by atoms with Crippen molar-refractivity contribution in [2.45, 2.75) is 79.1 Å². The molecule has 2 atom stereocenters. The van der Waals surface area contributed by atoms with E-state index in [0.29, 0.717) is 5.41 Å². The molecule has 1 aliphatic carbocycles. The molecule has 1 rings (SSSR count). The first kappa shape index (κ1) is 13.1. The van der Waals surface area contributed by atoms with Gasteiger partial charge in [-0.3, -0.25) is 0 Å². The highest BCUT2D eigenvalue weighted by molar-refractivity contribution is 4.72. The average molecular weight is 210 g/mol. The molecule has 1 fully saturated rings. The van der Waals surface area contributed by atoms with Crippen molar-refractivity contribution >= 4 is 0 Å². The fourth-order valence-corrected chi connectivity index (χ4v) is 2.79. The zero-order chi connectivity index (χ0) is 11.3. The lowest BCUT2D eigenvalue weighted by Crippen LogP contribution is -2.12. The maximum atomic E-state index is 2.46. The van der Waals surface area contributed by atoms with Crippen LogP contribution in [0.2, 0.25) is 0 Å². The van der Waals surface area contributed by atoms with Gasteiger partial charge in [-0.15, -0.1) is 0 Å². The second kappa shape index (κ2) is 5.92. The van der Waals surface area contributed by atoms with Gasteiger partial charge in [0.1, 0.15) is 0 Å². The molecule has 90 valence electrons. The lowest BCUT2D eigenvalue weighted by atomic mass is 9.80. The molecule has 15 heavy (non-hydrogen) atoms. The Balaban J connectivity index is 2.45. The van der Waals surface area contributed by atoms with Crippen LogP contribution in [0.5, 0.6) is 0 Å². The van der Waals surface area contributed by atoms with Crippen LogP contribution in [0.25, 0.3) is 0 Å². The molecule has 0 radical (unpaired) electrons. The number of rotatable bonds is 0. The lowest BCUT2D eigenvalue weighted by molar-refractivity contribution is 0.265. The van der Waals surface area contributed by atoms with E-state index in [0.717, 1.165) is 11.8 Å². The Hall–Kier alpha value is 0. The second-order valence-corrected chi connectivity index (χ2v) is 6.74. The molecule has 0 aromatic carbocycles. The minimum Gasteiger partial charge on any atom is -0.0625 e. The summed E-state index contributed by atoms with van der Waals surface area (Å²) in [5, 5.41) is 0. The van der Waals surface area contributed by atoms with E-state index in [1.807, 2.05) is 0 Å². The predicted molar refractivity (Wildman–Crippen MR) is 69.0 cm³/mol. The van der Waals surface area contributed by atoms with Gasteiger partial charge in [0, 0.05) is 0 Å². The van der Waals surface area contributed by atoms with Gasteiger partial charge in [-0.2, -0.15) is 0 Å². The molecule has 0 aliphatic heterocycles. The third kappa shape index (κ3) is 5.58. The van der Waals surface area contributed by atoms with Gasteiger partial charge in [0.15, 0.2) is 0 Å². The molecule has 1 aliphatic rings. The van der Waals surface area contributed by atoms with Crippen molar-refractivity contribution in [3.8, 4) is 0 Å². The Morgan fingerprint density at radius 3 is 1.93 bits per heavy atom. The summed E-state index contributed by atoms with van der Waals surface area (Å²) in [6, 6.07) is 0. The van der Waals surface area contributed by atoms with E-state index in [4.69, 9.17) is 0 Å². The lowest BCUT2D eigenvalue weighted by Gasteiger charge is -2.26. The summed E-state index contributed by atoms with van der Waals surface area (Å²) < 4.78 is 0. The van der Waals surface area contributed by atoms with Gasteiger partial charge in [0.25, 0.3) is 0 Å². The van der Waals surface area contributed by atoms with E-state index in [-0.39, 0.29) is 0 Å². The van der Waals surface area contributed by atoms with Gasteiger partial charge in [-0.25, -0.2) is 0 Å². The summed E-state index contributed by atoms with van der Waals surface area (Å²) in [4.78, 5) is 0. The molecule has 0 unspecified atom stereocenters. The molecule has 0 aromatic rings. The average Bonchev–Trinajstić information content (AvgIpc) is 2.15. The zero-order valence-corrected chi connectivity index (χ0v) is 11.3. The Bertz CT molecular complexity index is 169. The molecule has 0 heteroatoms. The fraction of sp³-hybridized carbons (Fsp3) is 1.00. The van der Waals surface area contributed by atoms with Gasteiger partial charge < -0.3 is 0 Å². The molecule has 0 amide bonds. The topological polar surface area (TPSA) is 0 Å². The van der Waals surface area contributed by atoms with Gasteiger partial charge in [-0.05, 0) is 30.1 Å². The van der Waals surface area contributed by atoms with Crippen LogP contribution in [-0.2, 0) is 0 Å². The molecule has 0 nitrogen and oxygen atoms in total. The van der Waals surface area contributed by atoms with Crippen molar-refractivity contribution < 1.29 is 0 Å². The van der Waals surface area contributed by atoms with Crippen LogP contribution in [0, 0.1) is 17.3 Å². The molecule has 0 heterocycles. The number of hydrogen-bond acceptors (Lipinski definition) is 0. The monoisotopic (exact) mass is 210 g/mol. The summed E-state index contributed by atoms with van der Waals surface area (Å²) in [6.45, 7) is 9.80. The minimum absolute atomic E-state index is 0.596. The number of hydrogen-bond donors (Lipinski definition) is 0. The molecular formula is C15H30. The van der Waals surface area contributed by atoms with E-state index in [1.165, 1.54) is 51.4 Å². The van der Waals surface area contributed by atoms with Crippen LogP contribution in [0.4, 0.5) is 0 Å². The standard InChI is InChI=1S/C15H30/c1-13-7-5-8-14(2)10-12-15(3,4)11-6-9-13/h13-14H,5-12H2,1-4H3/t13-,14+/m0/s1. The largest absolute Gasteiger partial charge is 0.0625 e. The first-order chi connectivity index (χ1) is 6.99. The Morgan fingerprint density at radius 1 is 0.733 bits per heavy atom. The van der Waals surface area contributed by atoms with E-state index in [2.05, 4.69) is 27.7 Å². The Kier molecular flexibility index (Phi) is 5.15. The van der Waals surface area contributed by atoms with Crippen LogP contribution in [0.3, 0.4) is 0 Å². The maximum absolute atomic E-state index is 2.46. The van der Waals surface area contributed by atoms with Gasteiger partial charge >= 0.3 is 0 Å². The predicted octanol–water partition coefficient (Wildman–Crippen LogP) is 5.42. The zero-order valence-electron chi connectivity index (χ0n) is 11.3. The Morgan fingerprint density at radius 2 is 1.27 bits per heavy atom. The second-order valence-electron chi connectivity index (χ2n) is 6.74. The first-order valence-corrected chi connectivity index (χ1v) is 6.99. The van der Waals surface area contributed by atoms with E-state index >= 15 is 0 Å². The smallest absolute Gasteiger partial charge is 0.0354 e. The molecular weight excluding hydrogens is 180 g/mol. The van der Waals surface area contributed by atoms with Crippen LogP contribution in [0.15, 0.2) is 0 Å². The molecule has 0 saturated heterocycles. The van der Waals surface area contributed by atoms with Crippen molar-refractivity contribution in [3.05, 3.63) is 0 Å². The van der Waals surface area contributed by atoms with E-state index in [1.54, 1.807) is 0 Å². The highest BCUT2D eigenvalue weighted by atomic mass is 14.3. The fourth-order valence-electron chi connectivity index (χ4n) is 2.79. The van der Waals surface area contributed by atoms with E-state index < -0.39 is 0 Å². The van der Waals surface area contributed by atoms with Crippen molar-refractivity contribution in [3.63, 3.8) is 0 Å². The van der Waals surface area contributed by atoms with Crippen LogP contribution in [0.1, 0.15) is 79.1 Å². The normalized spacial score (nSPS) is 34.4. The molecule has 0 aromatic heterocycles. The molecule has 0 bridgehead atoms. The quantitative estimate of drug-likeness (QED) is 0.501.